The Morgan fingerprint density at radius 3 is 1.64 bits per heavy atom. The lowest BCUT2D eigenvalue weighted by Crippen LogP contribution is -2.03. The van der Waals surface area contributed by atoms with Crippen LogP contribution in [0.1, 0.15) is 33.6 Å². The largest absolute Gasteiger partial charge is 0.779 e. The number of hydrogen-bond donors (Lipinski definition) is 0. The Hall–Kier alpha value is 0.150. The van der Waals surface area contributed by atoms with E-state index in [1.807, 2.05) is 0 Å². The van der Waals surface area contributed by atoms with Crippen molar-refractivity contribution >= 4 is 7.60 Å². The van der Waals surface area contributed by atoms with Crippen molar-refractivity contribution in [2.75, 3.05) is 13.3 Å². The van der Waals surface area contributed by atoms with Gasteiger partial charge in [-0.3, -0.25) is 0 Å². The summed E-state index contributed by atoms with van der Waals surface area (Å²) in [7, 11) is -2.24. The predicted octanol–water partition coefficient (Wildman–Crippen LogP) is 2.01. The van der Waals surface area contributed by atoms with E-state index in [1.165, 1.54) is 19.8 Å². The maximum absolute atomic E-state index is 10.2. The smallest absolute Gasteiger partial charge is 0.134 e. The van der Waals surface area contributed by atoms with Crippen molar-refractivity contribution in [2.45, 2.75) is 33.6 Å². The van der Waals surface area contributed by atoms with Gasteiger partial charge in [-0.1, -0.05) is 33.6 Å². The minimum absolute atomic E-state index is 0.0729. The number of unbranched alkanes of at least 4 members (excludes halogenated alkanes) is 1. The number of rotatable bonds is 3. The quantitative estimate of drug-likeness (QED) is 0.626. The summed E-state index contributed by atoms with van der Waals surface area (Å²) in [6, 6.07) is 0. The van der Waals surface area contributed by atoms with Gasteiger partial charge in [-0.2, -0.15) is 0 Å². The minimum atomic E-state index is -3.40. The van der Waals surface area contributed by atoms with Gasteiger partial charge in [0.1, 0.15) is 7.60 Å². The lowest BCUT2D eigenvalue weighted by atomic mass is 10.4. The van der Waals surface area contributed by atoms with Crippen LogP contribution in [0.25, 0.3) is 0 Å². The molecule has 11 heavy (non-hydrogen) atoms. The highest BCUT2D eigenvalue weighted by atomic mass is 31.2. The molecule has 70 valence electrons. The molecule has 0 saturated heterocycles. The first-order chi connectivity index (χ1) is 5.04. The van der Waals surface area contributed by atoms with Crippen LogP contribution in [0.5, 0.6) is 0 Å². The molecule has 0 aliphatic rings. The Labute approximate surface area is 69.3 Å². The molecule has 0 radical (unpaired) electrons. The standard InChI is InChI=1S/C4H10.C3H9O3P/c1-3-4-2;1-3-7(4,5)6-2/h3-4H2,1-2H3;3H2,1-2H3,(H,4,5)/p-1. The van der Waals surface area contributed by atoms with E-state index < -0.39 is 7.60 Å². The Kier molecular flexibility index (Phi) is 10.3. The molecule has 0 bridgehead atoms. The lowest BCUT2D eigenvalue weighted by Gasteiger charge is -2.17. The molecule has 0 aromatic rings. The van der Waals surface area contributed by atoms with Gasteiger partial charge in [0.05, 0.1) is 0 Å². The van der Waals surface area contributed by atoms with E-state index in [1.54, 1.807) is 0 Å². The normalized spacial score (nSPS) is 14.6. The van der Waals surface area contributed by atoms with E-state index in [9.17, 15) is 9.46 Å². The molecule has 1 unspecified atom stereocenters. The zero-order chi connectivity index (χ0) is 9.33. The minimum Gasteiger partial charge on any atom is -0.779 e. The first-order valence-electron chi connectivity index (χ1n) is 3.89. The fraction of sp³-hybridized carbons (Fsp3) is 1.00. The van der Waals surface area contributed by atoms with Crippen molar-refractivity contribution in [3.8, 4) is 0 Å². The highest BCUT2D eigenvalue weighted by Crippen LogP contribution is 2.33. The fourth-order valence-corrected chi connectivity index (χ4v) is 0.387. The van der Waals surface area contributed by atoms with E-state index in [4.69, 9.17) is 0 Å². The first-order valence-corrected chi connectivity index (χ1v) is 5.62. The SMILES string of the molecule is CCCC.CCP(=O)([O-])OC. The van der Waals surface area contributed by atoms with E-state index in [0.29, 0.717) is 0 Å². The summed E-state index contributed by atoms with van der Waals surface area (Å²) in [5, 5.41) is 0. The van der Waals surface area contributed by atoms with Crippen molar-refractivity contribution in [2.24, 2.45) is 0 Å². The average molecular weight is 181 g/mol. The van der Waals surface area contributed by atoms with Crippen LogP contribution < -0.4 is 4.89 Å². The van der Waals surface area contributed by atoms with Crippen molar-refractivity contribution in [3.63, 3.8) is 0 Å². The molecule has 0 aromatic carbocycles. The lowest BCUT2D eigenvalue weighted by molar-refractivity contribution is -0.195. The Morgan fingerprint density at radius 1 is 1.27 bits per heavy atom. The van der Waals surface area contributed by atoms with Crippen LogP contribution in [0, 0.1) is 0 Å². The molecule has 0 fully saturated rings. The second-order valence-electron chi connectivity index (χ2n) is 2.11. The van der Waals surface area contributed by atoms with Gasteiger partial charge < -0.3 is 14.0 Å². The van der Waals surface area contributed by atoms with Crippen LogP contribution in [0.4, 0.5) is 0 Å². The topological polar surface area (TPSA) is 49.4 Å². The maximum atomic E-state index is 10.2. The summed E-state index contributed by atoms with van der Waals surface area (Å²) in [5.74, 6) is 0. The van der Waals surface area contributed by atoms with E-state index in [2.05, 4.69) is 18.4 Å². The molecular weight excluding hydrogens is 163 g/mol. The van der Waals surface area contributed by atoms with Crippen LogP contribution in [0.3, 0.4) is 0 Å². The molecule has 0 aromatic heterocycles. The van der Waals surface area contributed by atoms with Crippen LogP contribution in [0.2, 0.25) is 0 Å². The Morgan fingerprint density at radius 2 is 1.64 bits per heavy atom. The van der Waals surface area contributed by atoms with Crippen molar-refractivity contribution < 1.29 is 14.0 Å². The third kappa shape index (κ3) is 13.2. The van der Waals surface area contributed by atoms with E-state index in [0.717, 1.165) is 7.11 Å². The third-order valence-electron chi connectivity index (χ3n) is 1.17. The summed E-state index contributed by atoms with van der Waals surface area (Å²) in [4.78, 5) is 10.2. The first kappa shape index (κ1) is 13.7. The van der Waals surface area contributed by atoms with Crippen LogP contribution in [0.15, 0.2) is 0 Å². The molecule has 0 amide bonds. The van der Waals surface area contributed by atoms with Crippen molar-refractivity contribution in [3.05, 3.63) is 0 Å². The zero-order valence-electron chi connectivity index (χ0n) is 7.79. The fourth-order valence-electron chi connectivity index (χ4n) is 0.129. The molecule has 0 spiro atoms. The van der Waals surface area contributed by atoms with Gasteiger partial charge in [-0.15, -0.1) is 0 Å². The summed E-state index contributed by atoms with van der Waals surface area (Å²) in [6.45, 7) is 5.90. The van der Waals surface area contributed by atoms with Gasteiger partial charge in [0, 0.05) is 13.3 Å². The second kappa shape index (κ2) is 8.25. The van der Waals surface area contributed by atoms with Crippen molar-refractivity contribution in [1.82, 2.24) is 0 Å². The second-order valence-corrected chi connectivity index (χ2v) is 4.33. The highest BCUT2D eigenvalue weighted by molar-refractivity contribution is 7.51. The Balaban J connectivity index is 0. The van der Waals surface area contributed by atoms with Gasteiger partial charge in [0.15, 0.2) is 0 Å². The molecule has 1 atom stereocenters. The van der Waals surface area contributed by atoms with Crippen LogP contribution in [-0.2, 0) is 9.09 Å². The van der Waals surface area contributed by atoms with Crippen LogP contribution in [-0.4, -0.2) is 13.3 Å². The van der Waals surface area contributed by atoms with E-state index in [-0.39, 0.29) is 6.16 Å². The molecule has 3 nitrogen and oxygen atoms in total. The third-order valence-corrected chi connectivity index (χ3v) is 2.50. The molecule has 0 aliphatic carbocycles. The summed E-state index contributed by atoms with van der Waals surface area (Å²) >= 11 is 0. The van der Waals surface area contributed by atoms with Gasteiger partial charge in [-0.05, 0) is 0 Å². The van der Waals surface area contributed by atoms with Gasteiger partial charge in [0.25, 0.3) is 0 Å². The van der Waals surface area contributed by atoms with Crippen molar-refractivity contribution in [1.29, 1.82) is 0 Å². The molecule has 0 rings (SSSR count). The molecular formula is C7H18O3P-. The highest BCUT2D eigenvalue weighted by Gasteiger charge is 1.97. The zero-order valence-corrected chi connectivity index (χ0v) is 8.69. The maximum Gasteiger partial charge on any atom is 0.134 e. The summed E-state index contributed by atoms with van der Waals surface area (Å²) in [6.07, 6.45) is 2.71. The number of hydrogen-bond acceptors (Lipinski definition) is 3. The molecule has 0 heterocycles. The monoisotopic (exact) mass is 181 g/mol. The predicted molar refractivity (Wildman–Crippen MR) is 45.7 cm³/mol. The van der Waals surface area contributed by atoms with Gasteiger partial charge in [0.2, 0.25) is 0 Å². The molecule has 0 saturated carbocycles. The Bertz CT molecular complexity index is 104. The summed E-state index contributed by atoms with van der Waals surface area (Å²) in [5.41, 5.74) is 0. The van der Waals surface area contributed by atoms with Gasteiger partial charge >= 0.3 is 0 Å². The molecule has 0 aliphatic heterocycles. The van der Waals surface area contributed by atoms with Crippen LogP contribution >= 0.6 is 7.60 Å². The van der Waals surface area contributed by atoms with E-state index >= 15 is 0 Å². The van der Waals surface area contributed by atoms with Gasteiger partial charge in [-0.25, -0.2) is 0 Å². The summed E-state index contributed by atoms with van der Waals surface area (Å²) < 4.78 is 14.3. The average Bonchev–Trinajstić information content (AvgIpc) is 2.05. The molecule has 0 N–H and O–H groups in total. The molecule has 4 heteroatoms.